The summed E-state index contributed by atoms with van der Waals surface area (Å²) in [7, 11) is 0. The molecule has 0 radical (unpaired) electrons. The zero-order valence-corrected chi connectivity index (χ0v) is 7.21. The molecule has 0 bridgehead atoms. The van der Waals surface area contributed by atoms with E-state index in [0.717, 1.165) is 0 Å². The molecule has 0 fully saturated rings. The number of carboxylic acid groups (broad SMARTS) is 1. The quantitative estimate of drug-likeness (QED) is 0.190. The Morgan fingerprint density at radius 3 is 2.54 bits per heavy atom. The number of nitrogens with one attached hydrogen (secondary N) is 2. The number of nitrogens with two attached hydrogens (primary N) is 2. The lowest BCUT2D eigenvalue weighted by Gasteiger charge is -2.06. The molecule has 78 valence electrons. The predicted molar refractivity (Wildman–Crippen MR) is 48.4 cm³/mol. The van der Waals surface area contributed by atoms with Crippen LogP contribution in [-0.2, 0) is 4.79 Å². The number of aliphatic carboxylic acids is 1. The van der Waals surface area contributed by atoms with Gasteiger partial charge in [-0.05, 0) is 12.8 Å². The van der Waals surface area contributed by atoms with Gasteiger partial charge in [0.15, 0.2) is 5.96 Å². The van der Waals surface area contributed by atoms with Crippen molar-refractivity contribution in [1.29, 1.82) is 5.41 Å². The van der Waals surface area contributed by atoms with Crippen molar-refractivity contribution in [1.82, 2.24) is 5.32 Å². The van der Waals surface area contributed by atoms with Crippen LogP contribution in [0.15, 0.2) is 0 Å². The van der Waals surface area contributed by atoms with Gasteiger partial charge in [-0.15, -0.1) is 0 Å². The summed E-state index contributed by atoms with van der Waals surface area (Å²) < 4.78 is 0. The summed E-state index contributed by atoms with van der Waals surface area (Å²) >= 11 is 0. The average molecular weight is 192 g/mol. The first kappa shape index (κ1) is 14.2. The Morgan fingerprint density at radius 2 is 2.15 bits per heavy atom. The van der Waals surface area contributed by atoms with E-state index in [0.29, 0.717) is 19.4 Å². The SMILES string of the molecule is N=C(N)NCCCC(N)C(=O)O.O. The molecule has 0 aliphatic carbocycles. The van der Waals surface area contributed by atoms with Gasteiger partial charge in [0, 0.05) is 6.54 Å². The molecule has 0 aromatic rings. The predicted octanol–water partition coefficient (Wildman–Crippen LogP) is -2.16. The van der Waals surface area contributed by atoms with Crippen LogP contribution in [0, 0.1) is 5.41 Å². The Hall–Kier alpha value is -1.34. The van der Waals surface area contributed by atoms with Crippen molar-refractivity contribution < 1.29 is 15.4 Å². The van der Waals surface area contributed by atoms with E-state index < -0.39 is 12.0 Å². The molecule has 7 nitrogen and oxygen atoms in total. The first-order valence-corrected chi connectivity index (χ1v) is 3.60. The standard InChI is InChI=1S/C6H14N4O2.H2O/c7-4(5(11)12)2-1-3-10-6(8)9;/h4H,1-3,7H2,(H,11,12)(H4,8,9,10);1H2. The zero-order chi connectivity index (χ0) is 9.56. The van der Waals surface area contributed by atoms with Gasteiger partial charge >= 0.3 is 5.97 Å². The Bertz CT molecular complexity index is 173. The molecule has 0 aromatic heterocycles. The van der Waals surface area contributed by atoms with E-state index in [1.165, 1.54) is 0 Å². The molecule has 0 heterocycles. The van der Waals surface area contributed by atoms with Gasteiger partial charge < -0.3 is 27.4 Å². The Balaban J connectivity index is 0. The molecule has 13 heavy (non-hydrogen) atoms. The molecule has 1 atom stereocenters. The van der Waals surface area contributed by atoms with E-state index >= 15 is 0 Å². The van der Waals surface area contributed by atoms with Crippen LogP contribution in [0.25, 0.3) is 0 Å². The molecule has 0 amide bonds. The third kappa shape index (κ3) is 8.57. The van der Waals surface area contributed by atoms with Crippen LogP contribution in [0.3, 0.4) is 0 Å². The van der Waals surface area contributed by atoms with Crippen LogP contribution in [0.5, 0.6) is 0 Å². The second-order valence-electron chi connectivity index (χ2n) is 2.43. The zero-order valence-electron chi connectivity index (χ0n) is 7.21. The van der Waals surface area contributed by atoms with Crippen LogP contribution in [0.2, 0.25) is 0 Å². The first-order chi connectivity index (χ1) is 5.54. The highest BCUT2D eigenvalue weighted by atomic mass is 16.4. The average Bonchev–Trinajstić information content (AvgIpc) is 1.97. The summed E-state index contributed by atoms with van der Waals surface area (Å²) in [5.41, 5.74) is 10.2. The Morgan fingerprint density at radius 1 is 1.62 bits per heavy atom. The molecule has 0 saturated heterocycles. The molecule has 0 rings (SSSR count). The molecule has 0 spiro atoms. The maximum atomic E-state index is 10.2. The van der Waals surface area contributed by atoms with E-state index in [1.54, 1.807) is 0 Å². The minimum Gasteiger partial charge on any atom is -0.480 e. The molecule has 0 aromatic carbocycles. The fourth-order valence-corrected chi connectivity index (χ4v) is 0.669. The maximum Gasteiger partial charge on any atom is 0.320 e. The smallest absolute Gasteiger partial charge is 0.320 e. The number of carboxylic acids is 1. The number of carbonyl (C=O) groups is 1. The molecule has 7 heteroatoms. The van der Waals surface area contributed by atoms with Crippen LogP contribution in [0.4, 0.5) is 0 Å². The molecular weight excluding hydrogens is 176 g/mol. The number of rotatable bonds is 5. The van der Waals surface area contributed by atoms with Crippen LogP contribution in [-0.4, -0.2) is 35.1 Å². The number of guanidine groups is 1. The van der Waals surface area contributed by atoms with Gasteiger partial charge in [0.25, 0.3) is 0 Å². The van der Waals surface area contributed by atoms with Crippen LogP contribution < -0.4 is 16.8 Å². The highest BCUT2D eigenvalue weighted by Crippen LogP contribution is 1.92. The molecule has 1 unspecified atom stereocenters. The summed E-state index contributed by atoms with van der Waals surface area (Å²) in [6.45, 7) is 0.482. The third-order valence-electron chi connectivity index (χ3n) is 1.32. The first-order valence-electron chi connectivity index (χ1n) is 3.60. The van der Waals surface area contributed by atoms with E-state index in [9.17, 15) is 4.79 Å². The Kier molecular flexibility index (Phi) is 7.99. The minimum atomic E-state index is -1.00. The molecule has 0 aliphatic heterocycles. The van der Waals surface area contributed by atoms with Crippen molar-refractivity contribution >= 4 is 11.9 Å². The summed E-state index contributed by atoms with van der Waals surface area (Å²) in [5, 5.41) is 17.7. The molecule has 0 saturated carbocycles. The fourth-order valence-electron chi connectivity index (χ4n) is 0.669. The van der Waals surface area contributed by atoms with Crippen LogP contribution in [0.1, 0.15) is 12.8 Å². The third-order valence-corrected chi connectivity index (χ3v) is 1.32. The topological polar surface area (TPSA) is 157 Å². The number of hydrogen-bond acceptors (Lipinski definition) is 3. The second-order valence-corrected chi connectivity index (χ2v) is 2.43. The maximum absolute atomic E-state index is 10.2. The van der Waals surface area contributed by atoms with Crippen LogP contribution >= 0.6 is 0 Å². The van der Waals surface area contributed by atoms with Gasteiger partial charge in [0.2, 0.25) is 0 Å². The fraction of sp³-hybridized carbons (Fsp3) is 0.667. The van der Waals surface area contributed by atoms with E-state index in [4.69, 9.17) is 22.0 Å². The number of hydrogen-bond donors (Lipinski definition) is 5. The lowest BCUT2D eigenvalue weighted by Crippen LogP contribution is -2.34. The monoisotopic (exact) mass is 192 g/mol. The van der Waals surface area contributed by atoms with Gasteiger partial charge in [-0.1, -0.05) is 0 Å². The van der Waals surface area contributed by atoms with Gasteiger partial charge in [-0.25, -0.2) is 0 Å². The van der Waals surface area contributed by atoms with Gasteiger partial charge in [-0.2, -0.15) is 0 Å². The summed E-state index contributed by atoms with van der Waals surface area (Å²) in [6, 6.07) is -0.821. The van der Waals surface area contributed by atoms with E-state index in [1.807, 2.05) is 0 Å². The van der Waals surface area contributed by atoms with Crippen molar-refractivity contribution in [2.45, 2.75) is 18.9 Å². The van der Waals surface area contributed by atoms with E-state index in [2.05, 4.69) is 5.32 Å². The molecule has 9 N–H and O–H groups in total. The largest absolute Gasteiger partial charge is 0.480 e. The van der Waals surface area contributed by atoms with Gasteiger partial charge in [-0.3, -0.25) is 10.2 Å². The van der Waals surface area contributed by atoms with Crippen molar-refractivity contribution in [3.63, 3.8) is 0 Å². The van der Waals surface area contributed by atoms with Crippen molar-refractivity contribution in [2.24, 2.45) is 11.5 Å². The summed E-state index contributed by atoms with van der Waals surface area (Å²) in [4.78, 5) is 10.2. The van der Waals surface area contributed by atoms with Crippen molar-refractivity contribution in [3.05, 3.63) is 0 Å². The molecule has 0 aliphatic rings. The lowest BCUT2D eigenvalue weighted by molar-refractivity contribution is -0.138. The highest BCUT2D eigenvalue weighted by molar-refractivity contribution is 5.74. The normalized spacial score (nSPS) is 11.2. The highest BCUT2D eigenvalue weighted by Gasteiger charge is 2.09. The minimum absolute atomic E-state index is 0. The summed E-state index contributed by atoms with van der Waals surface area (Å²) in [6.07, 6.45) is 0.975. The van der Waals surface area contributed by atoms with E-state index in [-0.39, 0.29) is 11.4 Å². The Labute approximate surface area is 75.9 Å². The van der Waals surface area contributed by atoms with Crippen molar-refractivity contribution in [3.8, 4) is 0 Å². The summed E-state index contributed by atoms with van der Waals surface area (Å²) in [5.74, 6) is -1.11. The van der Waals surface area contributed by atoms with Gasteiger partial charge in [0.1, 0.15) is 6.04 Å². The lowest BCUT2D eigenvalue weighted by atomic mass is 10.2. The van der Waals surface area contributed by atoms with Crippen molar-refractivity contribution in [2.75, 3.05) is 6.54 Å². The van der Waals surface area contributed by atoms with Gasteiger partial charge in [0.05, 0.1) is 0 Å². The second kappa shape index (κ2) is 7.32. The molecular formula is C6H16N4O3.